The first kappa shape index (κ1) is 16.5. The van der Waals surface area contributed by atoms with Gasteiger partial charge in [-0.05, 0) is 22.8 Å². The van der Waals surface area contributed by atoms with Crippen LogP contribution in [0.5, 0.6) is 0 Å². The van der Waals surface area contributed by atoms with Gasteiger partial charge >= 0.3 is 6.09 Å². The zero-order valence-corrected chi connectivity index (χ0v) is 13.8. The van der Waals surface area contributed by atoms with E-state index >= 15 is 0 Å². The number of hydrogen-bond donors (Lipinski definition) is 1. The Balaban J connectivity index is 1.64. The molecule has 0 atom stereocenters. The Morgan fingerprint density at radius 3 is 2.20 bits per heavy atom. The Hall–Kier alpha value is -3.33. The fourth-order valence-corrected chi connectivity index (χ4v) is 2.38. The minimum atomic E-state index is -0.468. The summed E-state index contributed by atoms with van der Waals surface area (Å²) in [5.41, 5.74) is 3.69. The van der Waals surface area contributed by atoms with Crippen LogP contribution in [0, 0.1) is 0 Å². The molecule has 0 aliphatic heterocycles. The van der Waals surface area contributed by atoms with E-state index in [2.05, 4.69) is 5.32 Å². The quantitative estimate of drug-likeness (QED) is 0.618. The summed E-state index contributed by atoms with van der Waals surface area (Å²) in [5, 5.41) is 2.80. The van der Waals surface area contributed by atoms with Gasteiger partial charge in [0.1, 0.15) is 6.61 Å². The van der Waals surface area contributed by atoms with E-state index in [1.807, 2.05) is 97.1 Å². The van der Waals surface area contributed by atoms with Crippen LogP contribution in [0.25, 0.3) is 12.2 Å². The van der Waals surface area contributed by atoms with Gasteiger partial charge in [0, 0.05) is 0 Å². The Bertz CT molecular complexity index is 842. The van der Waals surface area contributed by atoms with E-state index in [-0.39, 0.29) is 6.61 Å². The number of amides is 1. The van der Waals surface area contributed by atoms with Crippen molar-refractivity contribution in [1.29, 1.82) is 0 Å². The van der Waals surface area contributed by atoms with Gasteiger partial charge < -0.3 is 4.74 Å². The van der Waals surface area contributed by atoms with Crippen molar-refractivity contribution in [2.75, 3.05) is 5.32 Å². The lowest BCUT2D eigenvalue weighted by atomic mass is 10.1. The zero-order chi connectivity index (χ0) is 17.3. The van der Waals surface area contributed by atoms with Crippen molar-refractivity contribution in [3.63, 3.8) is 0 Å². The Morgan fingerprint density at radius 1 is 0.800 bits per heavy atom. The van der Waals surface area contributed by atoms with Crippen molar-refractivity contribution < 1.29 is 9.53 Å². The van der Waals surface area contributed by atoms with Gasteiger partial charge in [0.15, 0.2) is 0 Å². The summed E-state index contributed by atoms with van der Waals surface area (Å²) >= 11 is 0. The predicted molar refractivity (Wildman–Crippen MR) is 102 cm³/mol. The SMILES string of the molecule is O=C(Nc1ccccc1/C=C/c1ccccc1)OCc1ccccc1. The number of nitrogens with one attached hydrogen (secondary N) is 1. The summed E-state index contributed by atoms with van der Waals surface area (Å²) < 4.78 is 5.28. The molecule has 0 heterocycles. The van der Waals surface area contributed by atoms with Gasteiger partial charge in [0.25, 0.3) is 0 Å². The highest BCUT2D eigenvalue weighted by Gasteiger charge is 2.06. The summed E-state index contributed by atoms with van der Waals surface area (Å²) in [4.78, 5) is 12.1. The third-order valence-corrected chi connectivity index (χ3v) is 3.67. The van der Waals surface area contributed by atoms with E-state index in [0.717, 1.165) is 16.7 Å². The molecule has 25 heavy (non-hydrogen) atoms. The van der Waals surface area contributed by atoms with Crippen LogP contribution >= 0.6 is 0 Å². The van der Waals surface area contributed by atoms with Gasteiger partial charge in [-0.2, -0.15) is 0 Å². The number of benzene rings is 3. The van der Waals surface area contributed by atoms with Crippen LogP contribution in [0.2, 0.25) is 0 Å². The number of para-hydroxylation sites is 1. The van der Waals surface area contributed by atoms with E-state index in [0.29, 0.717) is 5.69 Å². The maximum absolute atomic E-state index is 12.1. The molecule has 0 saturated heterocycles. The molecule has 3 nitrogen and oxygen atoms in total. The first-order chi connectivity index (χ1) is 12.3. The van der Waals surface area contributed by atoms with Gasteiger partial charge in [-0.1, -0.05) is 91.0 Å². The summed E-state index contributed by atoms with van der Waals surface area (Å²) in [7, 11) is 0. The third kappa shape index (κ3) is 5.08. The van der Waals surface area contributed by atoms with Gasteiger partial charge in [-0.15, -0.1) is 0 Å². The topological polar surface area (TPSA) is 38.3 Å². The largest absolute Gasteiger partial charge is 0.444 e. The van der Waals surface area contributed by atoms with Crippen LogP contribution in [-0.4, -0.2) is 6.09 Å². The molecule has 0 aliphatic carbocycles. The Morgan fingerprint density at radius 2 is 1.44 bits per heavy atom. The molecule has 0 saturated carbocycles. The molecular formula is C22H19NO2. The molecule has 0 spiro atoms. The second-order valence-electron chi connectivity index (χ2n) is 5.52. The highest BCUT2D eigenvalue weighted by atomic mass is 16.5. The molecule has 1 amide bonds. The van der Waals surface area contributed by atoms with Crippen molar-refractivity contribution in [2.24, 2.45) is 0 Å². The van der Waals surface area contributed by atoms with Crippen LogP contribution in [0.3, 0.4) is 0 Å². The number of carbonyl (C=O) groups excluding carboxylic acids is 1. The highest BCUT2D eigenvalue weighted by Crippen LogP contribution is 2.18. The molecule has 3 heteroatoms. The van der Waals surface area contributed by atoms with Crippen molar-refractivity contribution in [3.05, 3.63) is 102 Å². The first-order valence-corrected chi connectivity index (χ1v) is 8.11. The average molecular weight is 329 g/mol. The lowest BCUT2D eigenvalue weighted by Gasteiger charge is -2.09. The molecule has 3 aromatic rings. The summed E-state index contributed by atoms with van der Waals surface area (Å²) in [6, 6.07) is 27.2. The molecule has 0 fully saturated rings. The van der Waals surface area contributed by atoms with Crippen molar-refractivity contribution >= 4 is 23.9 Å². The maximum Gasteiger partial charge on any atom is 0.411 e. The van der Waals surface area contributed by atoms with Crippen LogP contribution in [-0.2, 0) is 11.3 Å². The lowest BCUT2D eigenvalue weighted by Crippen LogP contribution is -2.14. The van der Waals surface area contributed by atoms with Crippen LogP contribution in [0.15, 0.2) is 84.9 Å². The number of carbonyl (C=O) groups is 1. The highest BCUT2D eigenvalue weighted by molar-refractivity contribution is 5.89. The van der Waals surface area contributed by atoms with Crippen LogP contribution < -0.4 is 5.32 Å². The van der Waals surface area contributed by atoms with Crippen molar-refractivity contribution in [1.82, 2.24) is 0 Å². The predicted octanol–water partition coefficient (Wildman–Crippen LogP) is 5.61. The number of ether oxygens (including phenoxy) is 1. The van der Waals surface area contributed by atoms with E-state index in [9.17, 15) is 4.79 Å². The van der Waals surface area contributed by atoms with E-state index in [4.69, 9.17) is 4.74 Å². The first-order valence-electron chi connectivity index (χ1n) is 8.11. The molecule has 0 unspecified atom stereocenters. The van der Waals surface area contributed by atoms with Crippen LogP contribution in [0.4, 0.5) is 10.5 Å². The lowest BCUT2D eigenvalue weighted by molar-refractivity contribution is 0.155. The summed E-state index contributed by atoms with van der Waals surface area (Å²) in [5.74, 6) is 0. The number of anilines is 1. The fourth-order valence-electron chi connectivity index (χ4n) is 2.38. The molecular weight excluding hydrogens is 310 g/mol. The van der Waals surface area contributed by atoms with Gasteiger partial charge in [0.2, 0.25) is 0 Å². The van der Waals surface area contributed by atoms with Gasteiger partial charge in [-0.3, -0.25) is 5.32 Å². The maximum atomic E-state index is 12.1. The van der Waals surface area contributed by atoms with Crippen molar-refractivity contribution in [3.8, 4) is 0 Å². The Labute approximate surface area is 147 Å². The summed E-state index contributed by atoms with van der Waals surface area (Å²) in [6.45, 7) is 0.245. The fraction of sp³-hybridized carbons (Fsp3) is 0.0455. The average Bonchev–Trinajstić information content (AvgIpc) is 2.67. The van der Waals surface area contributed by atoms with E-state index in [1.54, 1.807) is 0 Å². The third-order valence-electron chi connectivity index (χ3n) is 3.67. The molecule has 124 valence electrons. The number of rotatable bonds is 5. The normalized spacial score (nSPS) is 10.6. The standard InChI is InChI=1S/C22H19NO2/c24-22(25-17-19-11-5-2-6-12-19)23-21-14-8-7-13-20(21)16-15-18-9-3-1-4-10-18/h1-16H,17H2,(H,23,24)/b16-15+. The molecule has 0 aromatic heterocycles. The van der Waals surface area contributed by atoms with Gasteiger partial charge in [-0.25, -0.2) is 4.79 Å². The smallest absolute Gasteiger partial charge is 0.411 e. The summed E-state index contributed by atoms with van der Waals surface area (Å²) in [6.07, 6.45) is 3.52. The molecule has 0 radical (unpaired) electrons. The Kier molecular flexibility index (Phi) is 5.62. The minimum absolute atomic E-state index is 0.245. The van der Waals surface area contributed by atoms with Crippen molar-refractivity contribution in [2.45, 2.75) is 6.61 Å². The second kappa shape index (κ2) is 8.50. The second-order valence-corrected chi connectivity index (χ2v) is 5.52. The number of hydrogen-bond acceptors (Lipinski definition) is 2. The zero-order valence-electron chi connectivity index (χ0n) is 13.8. The molecule has 1 N–H and O–H groups in total. The van der Waals surface area contributed by atoms with Crippen LogP contribution in [0.1, 0.15) is 16.7 Å². The van der Waals surface area contributed by atoms with E-state index < -0.39 is 6.09 Å². The van der Waals surface area contributed by atoms with E-state index in [1.165, 1.54) is 0 Å². The molecule has 0 aliphatic rings. The minimum Gasteiger partial charge on any atom is -0.444 e. The van der Waals surface area contributed by atoms with Gasteiger partial charge in [0.05, 0.1) is 5.69 Å². The molecule has 3 aromatic carbocycles. The molecule has 0 bridgehead atoms. The monoisotopic (exact) mass is 329 g/mol. The molecule has 3 rings (SSSR count).